The van der Waals surface area contributed by atoms with Crippen molar-refractivity contribution in [1.82, 2.24) is 0 Å². The van der Waals surface area contributed by atoms with Gasteiger partial charge in [0, 0.05) is 10.9 Å². The van der Waals surface area contributed by atoms with Crippen LogP contribution in [-0.4, -0.2) is 18.1 Å². The van der Waals surface area contributed by atoms with E-state index in [1.165, 1.54) is 24.3 Å². The molecule has 0 heterocycles. The fourth-order valence-corrected chi connectivity index (χ4v) is 4.04. The Morgan fingerprint density at radius 2 is 1.59 bits per heavy atom. The second-order valence-electron chi connectivity index (χ2n) is 6.86. The first kappa shape index (κ1) is 27.0. The lowest BCUT2D eigenvalue weighted by atomic mass is 9.96. The average molecular weight is 583 g/mol. The van der Waals surface area contributed by atoms with Crippen LogP contribution in [0.5, 0.6) is 0 Å². The van der Waals surface area contributed by atoms with Gasteiger partial charge in [0.05, 0.1) is 21.0 Å². The molecule has 0 amide bonds. The first-order valence-corrected chi connectivity index (χ1v) is 10.9. The van der Waals surface area contributed by atoms with Crippen LogP contribution in [0.3, 0.4) is 0 Å². The minimum atomic E-state index is -4.63. The van der Waals surface area contributed by atoms with Crippen LogP contribution in [-0.2, 0) is 11.2 Å². The molecule has 0 aromatic heterocycles. The highest BCUT2D eigenvalue weighted by molar-refractivity contribution is 9.10. The average Bonchev–Trinajstić information content (AvgIpc) is 2.63. The Morgan fingerprint density at radius 1 is 1.00 bits per heavy atom. The summed E-state index contributed by atoms with van der Waals surface area (Å²) in [6.07, 6.45) is -8.75. The highest BCUT2D eigenvalue weighted by Crippen LogP contribution is 2.41. The highest BCUT2D eigenvalue weighted by Gasteiger charge is 2.39. The molecule has 1 unspecified atom stereocenters. The summed E-state index contributed by atoms with van der Waals surface area (Å²) < 4.78 is 78.0. The summed E-state index contributed by atoms with van der Waals surface area (Å²) in [7, 11) is 0. The fraction of sp³-hybridized carbons (Fsp3) is 0.286. The Kier molecular flexibility index (Phi) is 9.13. The number of alkyl halides is 6. The number of hydrogen-bond donors (Lipinski definition) is 0. The molecule has 2 rings (SSSR count). The first-order chi connectivity index (χ1) is 14.7. The van der Waals surface area contributed by atoms with Gasteiger partial charge in [-0.05, 0) is 41.3 Å². The van der Waals surface area contributed by atoms with Gasteiger partial charge in [0.1, 0.15) is 12.2 Å². The molecule has 0 radical (unpaired) electrons. The first-order valence-electron chi connectivity index (χ1n) is 8.93. The summed E-state index contributed by atoms with van der Waals surface area (Å²) in [5.74, 6) is -2.95. The molecule has 0 N–H and O–H groups in total. The lowest BCUT2D eigenvalue weighted by Crippen LogP contribution is -2.19. The molecule has 1 nitrogen and oxygen atoms in total. The molecule has 0 saturated heterocycles. The Labute approximate surface area is 203 Å². The van der Waals surface area contributed by atoms with Crippen molar-refractivity contribution < 1.29 is 31.1 Å². The van der Waals surface area contributed by atoms with E-state index in [4.69, 9.17) is 34.8 Å². The van der Waals surface area contributed by atoms with E-state index in [-0.39, 0.29) is 33.5 Å². The Balaban J connectivity index is 2.20. The molecule has 2 aromatic carbocycles. The van der Waals surface area contributed by atoms with E-state index in [0.29, 0.717) is 15.6 Å². The van der Waals surface area contributed by atoms with Gasteiger partial charge in [-0.25, -0.2) is 0 Å². The van der Waals surface area contributed by atoms with Gasteiger partial charge in [0.2, 0.25) is 0 Å². The van der Waals surface area contributed by atoms with Crippen molar-refractivity contribution in [3.63, 3.8) is 0 Å². The van der Waals surface area contributed by atoms with Crippen LogP contribution in [0.2, 0.25) is 15.1 Å². The molecule has 0 aliphatic heterocycles. The number of ketones is 1. The monoisotopic (exact) mass is 580 g/mol. The van der Waals surface area contributed by atoms with Crippen molar-refractivity contribution in [3.8, 4) is 0 Å². The zero-order valence-corrected chi connectivity index (χ0v) is 19.8. The van der Waals surface area contributed by atoms with E-state index < -0.39 is 30.5 Å². The van der Waals surface area contributed by atoms with Gasteiger partial charge in [-0.15, -0.1) is 0 Å². The number of halogens is 10. The number of Topliss-reactive ketones (excluding diaryl/α,β-unsaturated/α-hetero) is 1. The molecule has 2 aromatic rings. The normalized spacial score (nSPS) is 13.6. The topological polar surface area (TPSA) is 17.1 Å². The molecule has 0 fully saturated rings. The Bertz CT molecular complexity index is 995. The van der Waals surface area contributed by atoms with Crippen molar-refractivity contribution in [2.24, 2.45) is 0 Å². The van der Waals surface area contributed by atoms with E-state index in [2.05, 4.69) is 15.9 Å². The smallest absolute Gasteiger partial charge is 0.299 e. The number of allylic oxidation sites excluding steroid dienone is 1. The zero-order chi connectivity index (χ0) is 24.3. The maximum Gasteiger partial charge on any atom is 0.399 e. The lowest BCUT2D eigenvalue weighted by molar-refractivity contribution is -0.152. The van der Waals surface area contributed by atoms with Gasteiger partial charge in [-0.1, -0.05) is 75.0 Å². The van der Waals surface area contributed by atoms with Crippen LogP contribution in [0, 0.1) is 0 Å². The predicted octanol–water partition coefficient (Wildman–Crippen LogP) is 9.22. The second-order valence-corrected chi connectivity index (χ2v) is 8.91. The molecule has 1 atom stereocenters. The van der Waals surface area contributed by atoms with Crippen molar-refractivity contribution in [1.29, 1.82) is 0 Å². The van der Waals surface area contributed by atoms with E-state index >= 15 is 0 Å². The van der Waals surface area contributed by atoms with Crippen LogP contribution in [0.1, 0.15) is 35.4 Å². The van der Waals surface area contributed by atoms with Crippen molar-refractivity contribution in [2.45, 2.75) is 37.5 Å². The SMILES string of the molecule is O=C(CCc1ccc(/C=C/C(c2cc(Cl)c(Cl)c(Cl)c2)C(F)(F)F)cc1Br)CC(F)(F)F. The van der Waals surface area contributed by atoms with Crippen LogP contribution >= 0.6 is 50.7 Å². The molecular weight excluding hydrogens is 568 g/mol. The number of hydrogen-bond acceptors (Lipinski definition) is 1. The molecule has 32 heavy (non-hydrogen) atoms. The van der Waals surface area contributed by atoms with Gasteiger partial charge in [-0.3, -0.25) is 4.79 Å². The van der Waals surface area contributed by atoms with Crippen LogP contribution < -0.4 is 0 Å². The van der Waals surface area contributed by atoms with Crippen molar-refractivity contribution in [3.05, 3.63) is 72.6 Å². The molecule has 174 valence electrons. The zero-order valence-electron chi connectivity index (χ0n) is 15.9. The van der Waals surface area contributed by atoms with Crippen LogP contribution in [0.15, 0.2) is 40.9 Å². The summed E-state index contributed by atoms with van der Waals surface area (Å²) in [6, 6.07) is 6.73. The minimum absolute atomic E-state index is 0.0461. The maximum absolute atomic E-state index is 13.6. The summed E-state index contributed by atoms with van der Waals surface area (Å²) >= 11 is 20.8. The van der Waals surface area contributed by atoms with Crippen molar-refractivity contribution in [2.75, 3.05) is 0 Å². The van der Waals surface area contributed by atoms with Gasteiger partial charge >= 0.3 is 12.4 Å². The van der Waals surface area contributed by atoms with Crippen LogP contribution in [0.25, 0.3) is 6.08 Å². The van der Waals surface area contributed by atoms with Crippen molar-refractivity contribution >= 4 is 62.6 Å². The summed E-state index contributed by atoms with van der Waals surface area (Å²) in [5, 5.41) is -0.261. The number of aryl methyl sites for hydroxylation is 1. The largest absolute Gasteiger partial charge is 0.399 e. The third kappa shape index (κ3) is 7.97. The number of carbonyl (C=O) groups is 1. The molecular formula is C21H14BrCl3F6O. The predicted molar refractivity (Wildman–Crippen MR) is 117 cm³/mol. The quantitative estimate of drug-likeness (QED) is 0.235. The fourth-order valence-electron chi connectivity index (χ4n) is 2.83. The van der Waals surface area contributed by atoms with E-state index in [9.17, 15) is 31.1 Å². The number of benzene rings is 2. The van der Waals surface area contributed by atoms with Gasteiger partial charge in [0.25, 0.3) is 0 Å². The third-order valence-electron chi connectivity index (χ3n) is 4.35. The lowest BCUT2D eigenvalue weighted by Gasteiger charge is -2.18. The standard InChI is InChI=1S/C21H14BrCl3F6O/c22-16-7-11(1-3-12(16)4-5-14(32)10-20(26,27)28)2-6-15(21(29,30)31)13-8-17(23)19(25)18(24)9-13/h1-3,6-9,15H,4-5,10H2/b6-2+. The number of carbonyl (C=O) groups excluding carboxylic acids is 1. The molecule has 0 spiro atoms. The summed E-state index contributed by atoms with van der Waals surface area (Å²) in [5.41, 5.74) is 0.774. The highest BCUT2D eigenvalue weighted by atomic mass is 79.9. The van der Waals surface area contributed by atoms with Gasteiger partial charge in [-0.2, -0.15) is 26.3 Å². The molecule has 0 aliphatic carbocycles. The minimum Gasteiger partial charge on any atom is -0.299 e. The summed E-state index contributed by atoms with van der Waals surface area (Å²) in [6.45, 7) is 0. The van der Waals surface area contributed by atoms with Gasteiger partial charge < -0.3 is 0 Å². The van der Waals surface area contributed by atoms with Gasteiger partial charge in [0.15, 0.2) is 0 Å². The second kappa shape index (κ2) is 10.8. The molecule has 0 saturated carbocycles. The Morgan fingerprint density at radius 3 is 2.09 bits per heavy atom. The molecule has 0 aliphatic rings. The third-order valence-corrected chi connectivity index (χ3v) is 6.28. The van der Waals surface area contributed by atoms with E-state index in [1.54, 1.807) is 0 Å². The summed E-state index contributed by atoms with van der Waals surface area (Å²) in [4.78, 5) is 11.4. The Hall–Kier alpha value is -1.22. The van der Waals surface area contributed by atoms with Crippen LogP contribution in [0.4, 0.5) is 26.3 Å². The number of rotatable bonds is 7. The molecule has 0 bridgehead atoms. The molecule has 11 heteroatoms. The van der Waals surface area contributed by atoms with E-state index in [1.807, 2.05) is 0 Å². The maximum atomic E-state index is 13.6. The van der Waals surface area contributed by atoms with E-state index in [0.717, 1.165) is 18.2 Å².